The van der Waals surface area contributed by atoms with Crippen LogP contribution < -0.4 is 4.90 Å². The summed E-state index contributed by atoms with van der Waals surface area (Å²) in [5, 5.41) is 1.17. The molecule has 2 nitrogen and oxygen atoms in total. The van der Waals surface area contributed by atoms with Crippen molar-refractivity contribution in [3.05, 3.63) is 119 Å². The Kier molecular flexibility index (Phi) is 3.99. The maximum absolute atomic E-state index is 5.08. The van der Waals surface area contributed by atoms with Gasteiger partial charge in [-0.25, -0.2) is 4.98 Å². The molecule has 2 aliphatic heterocycles. The van der Waals surface area contributed by atoms with Crippen molar-refractivity contribution in [2.75, 3.05) is 4.90 Å². The van der Waals surface area contributed by atoms with Gasteiger partial charge in [0.1, 0.15) is 0 Å². The van der Waals surface area contributed by atoms with Crippen LogP contribution in [0.5, 0.6) is 0 Å². The standard InChI is InChI=1S/C33H28N2/c1-32(2)23-12-6-9-15-29(23)35-30-16-10-7-13-24(30)33(3,4)26-20-22(19-25(32)31(26)35)28-18-17-21-11-5-8-14-27(21)34-28/h5-20H,1-4H3. The van der Waals surface area contributed by atoms with Gasteiger partial charge in [0, 0.05) is 21.8 Å². The highest BCUT2D eigenvalue weighted by molar-refractivity contribution is 5.94. The zero-order valence-corrected chi connectivity index (χ0v) is 20.6. The molecule has 5 aromatic rings. The van der Waals surface area contributed by atoms with Crippen molar-refractivity contribution in [2.24, 2.45) is 0 Å². The van der Waals surface area contributed by atoms with E-state index in [0.717, 1.165) is 11.2 Å². The van der Waals surface area contributed by atoms with Gasteiger partial charge in [-0.1, -0.05) is 88.4 Å². The molecule has 2 heteroatoms. The Bertz CT molecular complexity index is 1580. The van der Waals surface area contributed by atoms with Gasteiger partial charge in [-0.15, -0.1) is 0 Å². The summed E-state index contributed by atoms with van der Waals surface area (Å²) in [4.78, 5) is 7.58. The molecule has 0 spiro atoms. The first-order valence-corrected chi connectivity index (χ1v) is 12.4. The first-order chi connectivity index (χ1) is 16.9. The smallest absolute Gasteiger partial charge is 0.0709 e. The van der Waals surface area contributed by atoms with E-state index in [1.165, 1.54) is 50.3 Å². The van der Waals surface area contributed by atoms with Gasteiger partial charge in [-0.05, 0) is 58.7 Å². The molecule has 0 fully saturated rings. The van der Waals surface area contributed by atoms with Crippen LogP contribution in [0.15, 0.2) is 97.1 Å². The minimum atomic E-state index is -0.133. The summed E-state index contributed by atoms with van der Waals surface area (Å²) in [7, 11) is 0. The molecule has 0 saturated heterocycles. The van der Waals surface area contributed by atoms with Gasteiger partial charge < -0.3 is 4.90 Å². The fourth-order valence-electron chi connectivity index (χ4n) is 6.26. The van der Waals surface area contributed by atoms with E-state index in [-0.39, 0.29) is 10.8 Å². The lowest BCUT2D eigenvalue weighted by Gasteiger charge is -2.49. The van der Waals surface area contributed by atoms with Gasteiger partial charge in [0.2, 0.25) is 0 Å². The Hall–Kier alpha value is -3.91. The molecule has 0 aliphatic carbocycles. The molecule has 0 saturated carbocycles. The predicted octanol–water partition coefficient (Wildman–Crippen LogP) is 8.65. The van der Waals surface area contributed by atoms with E-state index in [0.29, 0.717) is 0 Å². The lowest BCUT2D eigenvalue weighted by Crippen LogP contribution is -2.38. The van der Waals surface area contributed by atoms with Gasteiger partial charge in [0.25, 0.3) is 0 Å². The average molecular weight is 453 g/mol. The van der Waals surface area contributed by atoms with E-state index in [1.54, 1.807) is 0 Å². The molecule has 2 aliphatic rings. The fourth-order valence-corrected chi connectivity index (χ4v) is 6.26. The van der Waals surface area contributed by atoms with Gasteiger partial charge >= 0.3 is 0 Å². The number of anilines is 3. The third-order valence-electron chi connectivity index (χ3n) is 8.21. The van der Waals surface area contributed by atoms with E-state index >= 15 is 0 Å². The van der Waals surface area contributed by atoms with Crippen LogP contribution in [0.1, 0.15) is 49.9 Å². The number of rotatable bonds is 1. The van der Waals surface area contributed by atoms with E-state index < -0.39 is 0 Å². The molecular formula is C33H28N2. The first-order valence-electron chi connectivity index (χ1n) is 12.4. The van der Waals surface area contributed by atoms with E-state index in [9.17, 15) is 0 Å². The highest BCUT2D eigenvalue weighted by Crippen LogP contribution is 2.60. The number of fused-ring (bicyclic) bond motifs is 5. The fraction of sp³-hybridized carbons (Fsp3) is 0.182. The molecule has 0 atom stereocenters. The third-order valence-corrected chi connectivity index (χ3v) is 8.21. The van der Waals surface area contributed by atoms with Crippen LogP contribution in [0.2, 0.25) is 0 Å². The minimum absolute atomic E-state index is 0.133. The Labute approximate surface area is 206 Å². The third kappa shape index (κ3) is 2.68. The van der Waals surface area contributed by atoms with Crippen molar-refractivity contribution >= 4 is 28.0 Å². The highest BCUT2D eigenvalue weighted by atomic mass is 15.2. The monoisotopic (exact) mass is 452 g/mol. The summed E-state index contributed by atoms with van der Waals surface area (Å²) >= 11 is 0. The number of para-hydroxylation sites is 3. The van der Waals surface area contributed by atoms with Gasteiger partial charge in [0.15, 0.2) is 0 Å². The average Bonchev–Trinajstić information content (AvgIpc) is 2.88. The summed E-state index contributed by atoms with van der Waals surface area (Å²) in [5.41, 5.74) is 12.3. The molecule has 0 N–H and O–H groups in total. The van der Waals surface area contributed by atoms with Crippen LogP contribution in [0.25, 0.3) is 22.2 Å². The van der Waals surface area contributed by atoms with Crippen LogP contribution in [-0.2, 0) is 10.8 Å². The second kappa shape index (κ2) is 6.82. The van der Waals surface area contributed by atoms with Crippen molar-refractivity contribution in [1.29, 1.82) is 0 Å². The van der Waals surface area contributed by atoms with Crippen LogP contribution in [0, 0.1) is 0 Å². The molecule has 7 rings (SSSR count). The number of pyridine rings is 1. The van der Waals surface area contributed by atoms with E-state index in [2.05, 4.69) is 130 Å². The number of hydrogen-bond acceptors (Lipinski definition) is 2. The molecule has 0 amide bonds. The second-order valence-corrected chi connectivity index (χ2v) is 10.9. The Morgan fingerprint density at radius 3 is 1.74 bits per heavy atom. The summed E-state index contributed by atoms with van der Waals surface area (Å²) in [5.74, 6) is 0. The van der Waals surface area contributed by atoms with E-state index in [1.807, 2.05) is 0 Å². The quantitative estimate of drug-likeness (QED) is 0.253. The number of nitrogens with zero attached hydrogens (tertiary/aromatic N) is 2. The molecule has 0 unspecified atom stereocenters. The summed E-state index contributed by atoms with van der Waals surface area (Å²) < 4.78 is 0. The zero-order valence-electron chi connectivity index (χ0n) is 20.6. The number of aromatic nitrogens is 1. The molecule has 0 bridgehead atoms. The maximum Gasteiger partial charge on any atom is 0.0709 e. The lowest BCUT2D eigenvalue weighted by molar-refractivity contribution is 0.597. The summed E-state index contributed by atoms with van der Waals surface area (Å²) in [6.45, 7) is 9.46. The SMILES string of the molecule is CC1(C)c2ccccc2N2c3ccccc3C(C)(C)c3cc(-c4ccc5ccccc5n4)cc1c32. The largest absolute Gasteiger partial charge is 0.309 e. The minimum Gasteiger partial charge on any atom is -0.309 e. The predicted molar refractivity (Wildman–Crippen MR) is 146 cm³/mol. The van der Waals surface area contributed by atoms with E-state index in [4.69, 9.17) is 4.98 Å². The van der Waals surface area contributed by atoms with Gasteiger partial charge in [-0.2, -0.15) is 0 Å². The van der Waals surface area contributed by atoms with Gasteiger partial charge in [0.05, 0.1) is 28.3 Å². The van der Waals surface area contributed by atoms with Crippen LogP contribution >= 0.6 is 0 Å². The van der Waals surface area contributed by atoms with Gasteiger partial charge in [-0.3, -0.25) is 0 Å². The second-order valence-electron chi connectivity index (χ2n) is 10.9. The van der Waals surface area contributed by atoms with Crippen LogP contribution in [0.4, 0.5) is 17.1 Å². The molecule has 3 heterocycles. The van der Waals surface area contributed by atoms with Crippen LogP contribution in [-0.4, -0.2) is 4.98 Å². The molecule has 35 heavy (non-hydrogen) atoms. The zero-order chi connectivity index (χ0) is 23.9. The Morgan fingerprint density at radius 1 is 0.571 bits per heavy atom. The topological polar surface area (TPSA) is 16.1 Å². The molecule has 4 aromatic carbocycles. The Balaban J connectivity index is 1.58. The number of benzene rings is 4. The highest BCUT2D eigenvalue weighted by Gasteiger charge is 2.45. The summed E-state index contributed by atoms with van der Waals surface area (Å²) in [6, 6.07) is 35.3. The molecule has 0 radical (unpaired) electrons. The lowest BCUT2D eigenvalue weighted by atomic mass is 9.66. The molecule has 1 aromatic heterocycles. The maximum atomic E-state index is 5.08. The van der Waals surface area contributed by atoms with Crippen molar-refractivity contribution < 1.29 is 0 Å². The van der Waals surface area contributed by atoms with Crippen molar-refractivity contribution in [3.8, 4) is 11.3 Å². The first kappa shape index (κ1) is 20.5. The van der Waals surface area contributed by atoms with Crippen LogP contribution in [0.3, 0.4) is 0 Å². The van der Waals surface area contributed by atoms with Crippen molar-refractivity contribution in [1.82, 2.24) is 4.98 Å². The normalized spacial score (nSPS) is 16.4. The van der Waals surface area contributed by atoms with Crippen molar-refractivity contribution in [2.45, 2.75) is 38.5 Å². The van der Waals surface area contributed by atoms with Crippen molar-refractivity contribution in [3.63, 3.8) is 0 Å². The summed E-state index contributed by atoms with van der Waals surface area (Å²) in [6.07, 6.45) is 0. The number of hydrogen-bond donors (Lipinski definition) is 0. The molecular weight excluding hydrogens is 424 g/mol. The Morgan fingerprint density at radius 2 is 1.11 bits per heavy atom. The molecule has 170 valence electrons.